The van der Waals surface area contributed by atoms with E-state index in [2.05, 4.69) is 35.3 Å². The molecule has 1 aromatic rings. The van der Waals surface area contributed by atoms with Crippen LogP contribution in [0.3, 0.4) is 0 Å². The molecule has 2 aliphatic heterocycles. The van der Waals surface area contributed by atoms with E-state index in [1.807, 2.05) is 6.07 Å². The molecule has 1 atom stereocenters. The molecule has 3 heteroatoms. The molecule has 1 unspecified atom stereocenters. The Bertz CT molecular complexity index is 413. The van der Waals surface area contributed by atoms with Gasteiger partial charge in [-0.15, -0.1) is 0 Å². The summed E-state index contributed by atoms with van der Waals surface area (Å²) in [7, 11) is 0. The lowest BCUT2D eigenvalue weighted by Crippen LogP contribution is -2.44. The minimum atomic E-state index is 0.388. The average Bonchev–Trinajstić information content (AvgIpc) is 2.85. The maximum absolute atomic E-state index is 5.74. The van der Waals surface area contributed by atoms with Crippen molar-refractivity contribution in [2.45, 2.75) is 38.3 Å². The van der Waals surface area contributed by atoms with Crippen molar-refractivity contribution >= 4 is 0 Å². The second-order valence-electron chi connectivity index (χ2n) is 5.68. The Morgan fingerprint density at radius 1 is 1.26 bits per heavy atom. The molecule has 0 aromatic heterocycles. The number of likely N-dealkylation sites (tertiary alicyclic amines) is 1. The van der Waals surface area contributed by atoms with Gasteiger partial charge < -0.3 is 15.0 Å². The number of nitrogens with one attached hydrogen (secondary N) is 1. The standard InChI is InChI=1S/C16H24N2O/c1-2-9-18-10-7-13(8-11-18)17-15-12-19-16-6-4-3-5-14(15)16/h3-6,13,15,17H,2,7-12H2,1H3. The molecule has 3 nitrogen and oxygen atoms in total. The van der Waals surface area contributed by atoms with Gasteiger partial charge in [-0.05, 0) is 45.0 Å². The SMILES string of the molecule is CCCN1CCC(NC2COc3ccccc32)CC1. The van der Waals surface area contributed by atoms with Gasteiger partial charge in [-0.3, -0.25) is 0 Å². The van der Waals surface area contributed by atoms with Crippen LogP contribution in [0.1, 0.15) is 37.8 Å². The maximum Gasteiger partial charge on any atom is 0.124 e. The quantitative estimate of drug-likeness (QED) is 0.900. The smallest absolute Gasteiger partial charge is 0.124 e. The van der Waals surface area contributed by atoms with Gasteiger partial charge in [0.05, 0.1) is 6.04 Å². The highest BCUT2D eigenvalue weighted by atomic mass is 16.5. The van der Waals surface area contributed by atoms with Crippen molar-refractivity contribution in [2.24, 2.45) is 0 Å². The number of hydrogen-bond acceptors (Lipinski definition) is 3. The summed E-state index contributed by atoms with van der Waals surface area (Å²) in [4.78, 5) is 2.58. The van der Waals surface area contributed by atoms with Gasteiger partial charge in [0.15, 0.2) is 0 Å². The maximum atomic E-state index is 5.74. The Labute approximate surface area is 115 Å². The largest absolute Gasteiger partial charge is 0.491 e. The van der Waals surface area contributed by atoms with Crippen molar-refractivity contribution in [3.63, 3.8) is 0 Å². The predicted molar refractivity (Wildman–Crippen MR) is 77.6 cm³/mol. The molecule has 2 aliphatic rings. The first-order chi connectivity index (χ1) is 9.36. The van der Waals surface area contributed by atoms with Gasteiger partial charge >= 0.3 is 0 Å². The van der Waals surface area contributed by atoms with Gasteiger partial charge in [-0.2, -0.15) is 0 Å². The predicted octanol–water partition coefficient (Wildman–Crippen LogP) is 2.58. The van der Waals surface area contributed by atoms with Crippen LogP contribution >= 0.6 is 0 Å². The second kappa shape index (κ2) is 5.93. The molecule has 0 spiro atoms. The van der Waals surface area contributed by atoms with Gasteiger partial charge in [-0.25, -0.2) is 0 Å². The highest BCUT2D eigenvalue weighted by molar-refractivity contribution is 5.39. The Hall–Kier alpha value is -1.06. The number of para-hydroxylation sites is 1. The van der Waals surface area contributed by atoms with Crippen molar-refractivity contribution in [1.29, 1.82) is 0 Å². The summed E-state index contributed by atoms with van der Waals surface area (Å²) in [5.74, 6) is 1.06. The summed E-state index contributed by atoms with van der Waals surface area (Å²) in [5, 5.41) is 3.78. The van der Waals surface area contributed by atoms with Crippen LogP contribution in [0.2, 0.25) is 0 Å². The Morgan fingerprint density at radius 2 is 2.05 bits per heavy atom. The van der Waals surface area contributed by atoms with Gasteiger partial charge in [-0.1, -0.05) is 25.1 Å². The summed E-state index contributed by atoms with van der Waals surface area (Å²) >= 11 is 0. The van der Waals surface area contributed by atoms with E-state index in [0.717, 1.165) is 12.4 Å². The molecule has 1 fully saturated rings. The number of hydrogen-bond donors (Lipinski definition) is 1. The zero-order valence-electron chi connectivity index (χ0n) is 11.8. The van der Waals surface area contributed by atoms with Crippen molar-refractivity contribution in [1.82, 2.24) is 10.2 Å². The first kappa shape index (κ1) is 12.9. The van der Waals surface area contributed by atoms with Crippen LogP contribution in [0, 0.1) is 0 Å². The zero-order valence-corrected chi connectivity index (χ0v) is 11.8. The number of nitrogens with zero attached hydrogens (tertiary/aromatic N) is 1. The fourth-order valence-electron chi connectivity index (χ4n) is 3.22. The summed E-state index contributed by atoms with van der Waals surface area (Å²) in [6, 6.07) is 9.44. The molecule has 0 radical (unpaired) electrons. The van der Waals surface area contributed by atoms with Crippen LogP contribution in [0.4, 0.5) is 0 Å². The first-order valence-corrected chi connectivity index (χ1v) is 7.57. The number of rotatable bonds is 4. The number of benzene rings is 1. The van der Waals surface area contributed by atoms with E-state index >= 15 is 0 Å². The van der Waals surface area contributed by atoms with Gasteiger partial charge in [0.25, 0.3) is 0 Å². The van der Waals surface area contributed by atoms with Crippen molar-refractivity contribution in [3.05, 3.63) is 29.8 Å². The van der Waals surface area contributed by atoms with E-state index < -0.39 is 0 Å². The molecule has 0 saturated carbocycles. The van der Waals surface area contributed by atoms with Crippen LogP contribution in [-0.4, -0.2) is 37.2 Å². The topological polar surface area (TPSA) is 24.5 Å². The Kier molecular flexibility index (Phi) is 4.04. The van der Waals surface area contributed by atoms with E-state index in [4.69, 9.17) is 4.74 Å². The van der Waals surface area contributed by atoms with Crippen LogP contribution in [0.15, 0.2) is 24.3 Å². The van der Waals surface area contributed by atoms with Crippen molar-refractivity contribution < 1.29 is 4.74 Å². The number of piperidine rings is 1. The lowest BCUT2D eigenvalue weighted by atomic mass is 10.0. The van der Waals surface area contributed by atoms with Gasteiger partial charge in [0.2, 0.25) is 0 Å². The van der Waals surface area contributed by atoms with E-state index in [1.165, 1.54) is 44.5 Å². The summed E-state index contributed by atoms with van der Waals surface area (Å²) in [6.07, 6.45) is 3.79. The Balaban J connectivity index is 1.54. The lowest BCUT2D eigenvalue weighted by Gasteiger charge is -2.33. The molecule has 0 bridgehead atoms. The normalized spacial score (nSPS) is 24.2. The van der Waals surface area contributed by atoms with Crippen LogP contribution in [0.5, 0.6) is 5.75 Å². The highest BCUT2D eigenvalue weighted by Crippen LogP contribution is 2.32. The molecule has 104 valence electrons. The molecule has 3 rings (SSSR count). The van der Waals surface area contributed by atoms with Crippen LogP contribution in [-0.2, 0) is 0 Å². The number of ether oxygens (including phenoxy) is 1. The summed E-state index contributed by atoms with van der Waals surface area (Å²) < 4.78 is 5.74. The Morgan fingerprint density at radius 3 is 2.84 bits per heavy atom. The first-order valence-electron chi connectivity index (χ1n) is 7.57. The summed E-state index contributed by atoms with van der Waals surface area (Å²) in [5.41, 5.74) is 1.33. The highest BCUT2D eigenvalue weighted by Gasteiger charge is 2.27. The number of fused-ring (bicyclic) bond motifs is 1. The summed E-state index contributed by atoms with van der Waals surface area (Å²) in [6.45, 7) is 6.77. The molecular weight excluding hydrogens is 236 g/mol. The van der Waals surface area contributed by atoms with Crippen molar-refractivity contribution in [2.75, 3.05) is 26.2 Å². The fourth-order valence-corrected chi connectivity index (χ4v) is 3.22. The second-order valence-corrected chi connectivity index (χ2v) is 5.68. The third kappa shape index (κ3) is 2.93. The molecule has 0 aliphatic carbocycles. The van der Waals surface area contributed by atoms with E-state index in [1.54, 1.807) is 0 Å². The van der Waals surface area contributed by atoms with E-state index in [0.29, 0.717) is 12.1 Å². The zero-order chi connectivity index (χ0) is 13.1. The molecule has 1 aromatic carbocycles. The molecule has 1 saturated heterocycles. The van der Waals surface area contributed by atoms with Gasteiger partial charge in [0.1, 0.15) is 12.4 Å². The third-order valence-electron chi connectivity index (χ3n) is 4.26. The van der Waals surface area contributed by atoms with Crippen molar-refractivity contribution in [3.8, 4) is 5.75 Å². The average molecular weight is 260 g/mol. The molecule has 19 heavy (non-hydrogen) atoms. The van der Waals surface area contributed by atoms with Gasteiger partial charge in [0, 0.05) is 11.6 Å². The monoisotopic (exact) mass is 260 g/mol. The molecule has 2 heterocycles. The lowest BCUT2D eigenvalue weighted by molar-refractivity contribution is 0.185. The van der Waals surface area contributed by atoms with Crippen LogP contribution in [0.25, 0.3) is 0 Å². The fraction of sp³-hybridized carbons (Fsp3) is 0.625. The molecule has 1 N–H and O–H groups in total. The van der Waals surface area contributed by atoms with E-state index in [-0.39, 0.29) is 0 Å². The minimum absolute atomic E-state index is 0.388. The van der Waals surface area contributed by atoms with Crippen LogP contribution < -0.4 is 10.1 Å². The third-order valence-corrected chi connectivity index (χ3v) is 4.26. The molecule has 0 amide bonds. The molecular formula is C16H24N2O. The minimum Gasteiger partial charge on any atom is -0.491 e. The van der Waals surface area contributed by atoms with E-state index in [9.17, 15) is 0 Å².